The maximum atomic E-state index is 12.9. The van der Waals surface area contributed by atoms with Crippen LogP contribution in [-0.4, -0.2) is 48.5 Å². The van der Waals surface area contributed by atoms with Crippen LogP contribution < -0.4 is 10.2 Å². The minimum Gasteiger partial charge on any atom is -0.423 e. The highest BCUT2D eigenvalue weighted by Gasteiger charge is 2.29. The molecule has 0 saturated carbocycles. The molecule has 2 aromatic carbocycles. The molecule has 2 fully saturated rings. The van der Waals surface area contributed by atoms with Crippen LogP contribution >= 0.6 is 0 Å². The smallest absolute Gasteiger partial charge is 0.298 e. The highest BCUT2D eigenvalue weighted by molar-refractivity contribution is 5.79. The van der Waals surface area contributed by atoms with E-state index in [-0.39, 0.29) is 17.9 Å². The molecule has 3 heterocycles. The lowest BCUT2D eigenvalue weighted by Crippen LogP contribution is -2.43. The van der Waals surface area contributed by atoms with Crippen LogP contribution in [0, 0.1) is 5.92 Å². The van der Waals surface area contributed by atoms with Crippen LogP contribution in [-0.2, 0) is 4.79 Å². The fourth-order valence-electron chi connectivity index (χ4n) is 4.86. The summed E-state index contributed by atoms with van der Waals surface area (Å²) in [4.78, 5) is 22.2. The molecular formula is C25H30N4O2. The van der Waals surface area contributed by atoms with Crippen LogP contribution in [0.5, 0.6) is 0 Å². The normalized spacial score (nSPS) is 19.0. The first-order chi connectivity index (χ1) is 15.3. The van der Waals surface area contributed by atoms with Crippen molar-refractivity contribution in [2.45, 2.75) is 31.7 Å². The minimum atomic E-state index is 0.0515. The summed E-state index contributed by atoms with van der Waals surface area (Å²) in [6.07, 6.45) is 4.13. The highest BCUT2D eigenvalue weighted by Crippen LogP contribution is 2.27. The highest BCUT2D eigenvalue weighted by atomic mass is 16.4. The molecule has 2 aliphatic rings. The van der Waals surface area contributed by atoms with Gasteiger partial charge in [-0.15, -0.1) is 0 Å². The first-order valence-corrected chi connectivity index (χ1v) is 11.4. The van der Waals surface area contributed by atoms with E-state index in [0.717, 1.165) is 50.1 Å². The molecule has 2 saturated heterocycles. The Morgan fingerprint density at radius 3 is 2.45 bits per heavy atom. The van der Waals surface area contributed by atoms with Gasteiger partial charge >= 0.3 is 0 Å². The molecule has 1 N–H and O–H groups in total. The van der Waals surface area contributed by atoms with Crippen molar-refractivity contribution in [3.8, 4) is 0 Å². The Kier molecular flexibility index (Phi) is 5.89. The minimum absolute atomic E-state index is 0.0515. The molecule has 1 atom stereocenters. The predicted octanol–water partition coefficient (Wildman–Crippen LogP) is 4.00. The second-order valence-electron chi connectivity index (χ2n) is 8.64. The zero-order valence-electron chi connectivity index (χ0n) is 17.9. The number of piperidine rings is 1. The molecule has 5 rings (SSSR count). The molecule has 1 amide bonds. The molecule has 31 heavy (non-hydrogen) atoms. The monoisotopic (exact) mass is 418 g/mol. The van der Waals surface area contributed by atoms with Crippen molar-refractivity contribution in [3.05, 3.63) is 60.2 Å². The van der Waals surface area contributed by atoms with E-state index in [4.69, 9.17) is 4.42 Å². The summed E-state index contributed by atoms with van der Waals surface area (Å²) in [5.41, 5.74) is 2.98. The number of para-hydroxylation sites is 2. The third-order valence-corrected chi connectivity index (χ3v) is 6.65. The summed E-state index contributed by atoms with van der Waals surface area (Å²) in [7, 11) is 0. The van der Waals surface area contributed by atoms with Gasteiger partial charge in [0, 0.05) is 25.6 Å². The SMILES string of the molecule is O=C(NC[C@@H](c1ccccc1)N1CCCC1)C1CCN(c2nc3ccccc3o2)CC1. The van der Waals surface area contributed by atoms with E-state index >= 15 is 0 Å². The number of aromatic nitrogens is 1. The number of hydrogen-bond acceptors (Lipinski definition) is 5. The van der Waals surface area contributed by atoms with Gasteiger partial charge in [-0.05, 0) is 56.5 Å². The number of carbonyl (C=O) groups excluding carboxylic acids is 1. The summed E-state index contributed by atoms with van der Waals surface area (Å²) in [5.74, 6) is 0.230. The molecule has 6 heteroatoms. The first-order valence-electron chi connectivity index (χ1n) is 11.4. The number of rotatable bonds is 6. The van der Waals surface area contributed by atoms with Gasteiger partial charge in [-0.25, -0.2) is 0 Å². The molecule has 1 aromatic heterocycles. The number of fused-ring (bicyclic) bond motifs is 1. The number of hydrogen-bond donors (Lipinski definition) is 1. The van der Waals surface area contributed by atoms with Crippen molar-refractivity contribution in [2.75, 3.05) is 37.6 Å². The van der Waals surface area contributed by atoms with E-state index in [2.05, 4.69) is 44.4 Å². The van der Waals surface area contributed by atoms with E-state index in [1.807, 2.05) is 30.3 Å². The van der Waals surface area contributed by atoms with Crippen LogP contribution in [0.3, 0.4) is 0 Å². The van der Waals surface area contributed by atoms with Gasteiger partial charge in [-0.2, -0.15) is 4.98 Å². The lowest BCUT2D eigenvalue weighted by atomic mass is 9.96. The second kappa shape index (κ2) is 9.10. The molecule has 3 aromatic rings. The van der Waals surface area contributed by atoms with Crippen LogP contribution in [0.25, 0.3) is 11.1 Å². The standard InChI is InChI=1S/C25H30N4O2/c30-24(26-18-22(28-14-6-7-15-28)19-8-2-1-3-9-19)20-12-16-29(17-13-20)25-27-21-10-4-5-11-23(21)31-25/h1-5,8-11,20,22H,6-7,12-18H2,(H,26,30)/t22-/m0/s1. The van der Waals surface area contributed by atoms with E-state index in [9.17, 15) is 4.79 Å². The van der Waals surface area contributed by atoms with Crippen molar-refractivity contribution >= 4 is 23.0 Å². The maximum absolute atomic E-state index is 12.9. The van der Waals surface area contributed by atoms with E-state index < -0.39 is 0 Å². The molecular weight excluding hydrogens is 388 g/mol. The van der Waals surface area contributed by atoms with Gasteiger partial charge in [0.1, 0.15) is 5.52 Å². The number of nitrogens with zero attached hydrogens (tertiary/aromatic N) is 3. The van der Waals surface area contributed by atoms with Crippen molar-refractivity contribution < 1.29 is 9.21 Å². The number of carbonyl (C=O) groups is 1. The molecule has 2 aliphatic heterocycles. The van der Waals surface area contributed by atoms with Crippen LogP contribution in [0.2, 0.25) is 0 Å². The second-order valence-corrected chi connectivity index (χ2v) is 8.64. The third kappa shape index (κ3) is 4.44. The fourth-order valence-corrected chi connectivity index (χ4v) is 4.86. The fraction of sp³-hybridized carbons (Fsp3) is 0.440. The van der Waals surface area contributed by atoms with Gasteiger partial charge in [0.15, 0.2) is 5.58 Å². The zero-order valence-corrected chi connectivity index (χ0v) is 17.9. The number of likely N-dealkylation sites (tertiary alicyclic amines) is 1. The van der Waals surface area contributed by atoms with E-state index in [1.54, 1.807) is 0 Å². The summed E-state index contributed by atoms with van der Waals surface area (Å²) >= 11 is 0. The number of oxazole rings is 1. The number of amides is 1. The average molecular weight is 419 g/mol. The Bertz CT molecular complexity index is 972. The van der Waals surface area contributed by atoms with Gasteiger partial charge in [0.05, 0.1) is 6.04 Å². The van der Waals surface area contributed by atoms with Gasteiger partial charge in [0.2, 0.25) is 5.91 Å². The van der Waals surface area contributed by atoms with Crippen molar-refractivity contribution in [3.63, 3.8) is 0 Å². The third-order valence-electron chi connectivity index (χ3n) is 6.65. The lowest BCUT2D eigenvalue weighted by Gasteiger charge is -2.32. The summed E-state index contributed by atoms with van der Waals surface area (Å²) in [6.45, 7) is 4.48. The van der Waals surface area contributed by atoms with Crippen LogP contribution in [0.1, 0.15) is 37.3 Å². The lowest BCUT2D eigenvalue weighted by molar-refractivity contribution is -0.125. The molecule has 0 spiro atoms. The Morgan fingerprint density at radius 1 is 1.00 bits per heavy atom. The van der Waals surface area contributed by atoms with Gasteiger partial charge in [0.25, 0.3) is 6.01 Å². The van der Waals surface area contributed by atoms with E-state index in [0.29, 0.717) is 12.6 Å². The molecule has 0 radical (unpaired) electrons. The quantitative estimate of drug-likeness (QED) is 0.656. The largest absolute Gasteiger partial charge is 0.423 e. The summed E-state index contributed by atoms with van der Waals surface area (Å²) in [5, 5.41) is 3.27. The Labute approximate surface area is 183 Å². The molecule has 0 aliphatic carbocycles. The Balaban J connectivity index is 1.17. The Hall–Kier alpha value is -2.86. The zero-order chi connectivity index (χ0) is 21.0. The molecule has 0 bridgehead atoms. The summed E-state index contributed by atoms with van der Waals surface area (Å²) in [6, 6.07) is 19.3. The Morgan fingerprint density at radius 2 is 1.71 bits per heavy atom. The molecule has 0 unspecified atom stereocenters. The van der Waals surface area contributed by atoms with Crippen LogP contribution in [0.4, 0.5) is 6.01 Å². The molecule has 6 nitrogen and oxygen atoms in total. The maximum Gasteiger partial charge on any atom is 0.298 e. The van der Waals surface area contributed by atoms with Crippen molar-refractivity contribution in [1.29, 1.82) is 0 Å². The van der Waals surface area contributed by atoms with Gasteiger partial charge in [-0.1, -0.05) is 42.5 Å². The van der Waals surface area contributed by atoms with Crippen molar-refractivity contribution in [2.24, 2.45) is 5.92 Å². The predicted molar refractivity (Wildman–Crippen MR) is 122 cm³/mol. The topological polar surface area (TPSA) is 61.6 Å². The number of benzene rings is 2. The van der Waals surface area contributed by atoms with Crippen LogP contribution in [0.15, 0.2) is 59.0 Å². The molecule has 162 valence electrons. The number of nitrogens with one attached hydrogen (secondary N) is 1. The van der Waals surface area contributed by atoms with Gasteiger partial charge < -0.3 is 14.6 Å². The van der Waals surface area contributed by atoms with Crippen molar-refractivity contribution in [1.82, 2.24) is 15.2 Å². The number of anilines is 1. The summed E-state index contributed by atoms with van der Waals surface area (Å²) < 4.78 is 5.90. The first kappa shape index (κ1) is 20.1. The average Bonchev–Trinajstić information content (AvgIpc) is 3.50. The van der Waals surface area contributed by atoms with Gasteiger partial charge in [-0.3, -0.25) is 9.69 Å². The van der Waals surface area contributed by atoms with E-state index in [1.165, 1.54) is 18.4 Å².